The normalized spacial score (nSPS) is 13.4. The molecule has 6 heteroatoms. The molecule has 3 unspecified atom stereocenters. The lowest BCUT2D eigenvalue weighted by molar-refractivity contribution is -0.151. The molecule has 0 bridgehead atoms. The van der Waals surface area contributed by atoms with Gasteiger partial charge in [-0.3, -0.25) is 9.59 Å². The molecule has 0 aliphatic rings. The lowest BCUT2D eigenvalue weighted by Gasteiger charge is -2.24. The Hall–Kier alpha value is -1.92. The average Bonchev–Trinajstić information content (AvgIpc) is 3.28. The molecule has 3 N–H and O–H groups in total. The zero-order valence-electron chi connectivity index (χ0n) is 42.2. The second-order valence-electron chi connectivity index (χ2n) is 19.0. The van der Waals surface area contributed by atoms with Gasteiger partial charge in [-0.25, -0.2) is 0 Å². The maximum absolute atomic E-state index is 13.2. The third-order valence-corrected chi connectivity index (χ3v) is 12.7. The van der Waals surface area contributed by atoms with Gasteiger partial charge in [-0.05, 0) is 83.5 Å². The highest BCUT2D eigenvalue weighted by molar-refractivity contribution is 5.77. The molecule has 1 amide bonds. The number of allylic oxidation sites excluding steroid dienone is 6. The molecule has 0 saturated heterocycles. The number of hydrogen-bond acceptors (Lipinski definition) is 5. The third kappa shape index (κ3) is 46.4. The van der Waals surface area contributed by atoms with Gasteiger partial charge in [0.15, 0.2) is 0 Å². The van der Waals surface area contributed by atoms with Crippen molar-refractivity contribution in [1.29, 1.82) is 0 Å². The number of carbonyl (C=O) groups excluding carboxylic acids is 2. The molecule has 3 atom stereocenters. The monoisotopic (exact) mass is 886 g/mol. The first-order valence-corrected chi connectivity index (χ1v) is 27.7. The van der Waals surface area contributed by atoms with Gasteiger partial charge in [-0.1, -0.05) is 231 Å². The number of unbranched alkanes of at least 4 members (excludes halogenated alkanes) is 32. The van der Waals surface area contributed by atoms with Gasteiger partial charge < -0.3 is 20.3 Å². The molecule has 0 aliphatic heterocycles. The summed E-state index contributed by atoms with van der Waals surface area (Å²) in [6.07, 6.45) is 60.6. The molecule has 370 valence electrons. The first-order valence-electron chi connectivity index (χ1n) is 27.7. The number of esters is 1. The number of carbonyl (C=O) groups is 2. The summed E-state index contributed by atoms with van der Waals surface area (Å²) in [6.45, 7) is 6.46. The van der Waals surface area contributed by atoms with Crippen molar-refractivity contribution in [2.75, 3.05) is 6.61 Å². The fourth-order valence-electron chi connectivity index (χ4n) is 8.46. The van der Waals surface area contributed by atoms with Crippen LogP contribution in [0, 0.1) is 0 Å². The highest BCUT2D eigenvalue weighted by Gasteiger charge is 2.24. The van der Waals surface area contributed by atoms with Crippen molar-refractivity contribution in [2.45, 2.75) is 309 Å². The lowest BCUT2D eigenvalue weighted by atomic mass is 10.0. The first kappa shape index (κ1) is 61.1. The molecule has 6 nitrogen and oxygen atoms in total. The van der Waals surface area contributed by atoms with Gasteiger partial charge in [-0.2, -0.15) is 0 Å². The van der Waals surface area contributed by atoms with E-state index >= 15 is 0 Å². The van der Waals surface area contributed by atoms with E-state index in [-0.39, 0.29) is 24.9 Å². The van der Waals surface area contributed by atoms with Gasteiger partial charge in [0.2, 0.25) is 5.91 Å². The lowest BCUT2D eigenvalue weighted by Crippen LogP contribution is -2.46. The van der Waals surface area contributed by atoms with E-state index in [0.29, 0.717) is 19.3 Å². The zero-order chi connectivity index (χ0) is 45.9. The van der Waals surface area contributed by atoms with E-state index in [1.807, 2.05) is 0 Å². The first-order chi connectivity index (χ1) is 31.0. The van der Waals surface area contributed by atoms with Crippen LogP contribution >= 0.6 is 0 Å². The van der Waals surface area contributed by atoms with Crippen LogP contribution in [0.3, 0.4) is 0 Å². The number of nitrogens with one attached hydrogen (secondary N) is 1. The number of rotatable bonds is 50. The number of amides is 1. The summed E-state index contributed by atoms with van der Waals surface area (Å²) >= 11 is 0. The molecule has 0 aromatic carbocycles. The second kappa shape index (κ2) is 51.1. The van der Waals surface area contributed by atoms with E-state index in [1.54, 1.807) is 0 Å². The Morgan fingerprint density at radius 1 is 0.460 bits per heavy atom. The van der Waals surface area contributed by atoms with Crippen molar-refractivity contribution in [2.24, 2.45) is 0 Å². The Kier molecular flexibility index (Phi) is 49.5. The Labute approximate surface area is 392 Å². The van der Waals surface area contributed by atoms with Gasteiger partial charge in [0, 0.05) is 6.42 Å². The summed E-state index contributed by atoms with van der Waals surface area (Å²) in [7, 11) is 0. The van der Waals surface area contributed by atoms with Crippen molar-refractivity contribution in [3.63, 3.8) is 0 Å². The summed E-state index contributed by atoms with van der Waals surface area (Å²) in [5, 5.41) is 23.8. The Balaban J connectivity index is 4.58. The molecule has 63 heavy (non-hydrogen) atoms. The number of aliphatic hydroxyl groups excluding tert-OH is 2. The van der Waals surface area contributed by atoms with Gasteiger partial charge >= 0.3 is 5.97 Å². The molecule has 0 spiro atoms. The molecule has 0 aromatic heterocycles. The fraction of sp³-hybridized carbons (Fsp3) is 0.860. The fourth-order valence-corrected chi connectivity index (χ4v) is 8.46. The van der Waals surface area contributed by atoms with Gasteiger partial charge in [0.05, 0.1) is 25.2 Å². The topological polar surface area (TPSA) is 95.9 Å². The second-order valence-corrected chi connectivity index (χ2v) is 19.0. The predicted octanol–water partition coefficient (Wildman–Crippen LogP) is 16.8. The number of aliphatic hydroxyl groups is 2. The van der Waals surface area contributed by atoms with E-state index in [2.05, 4.69) is 62.5 Å². The van der Waals surface area contributed by atoms with Gasteiger partial charge in [-0.15, -0.1) is 0 Å². The minimum atomic E-state index is -0.791. The Morgan fingerprint density at radius 2 is 0.810 bits per heavy atom. The van der Waals surface area contributed by atoms with E-state index < -0.39 is 18.2 Å². The molecule has 0 rings (SSSR count). The van der Waals surface area contributed by atoms with Crippen LogP contribution in [-0.2, 0) is 14.3 Å². The van der Waals surface area contributed by atoms with Crippen molar-refractivity contribution < 1.29 is 24.5 Å². The molecule has 0 aliphatic carbocycles. The van der Waals surface area contributed by atoms with Gasteiger partial charge in [0.25, 0.3) is 0 Å². The van der Waals surface area contributed by atoms with E-state index in [1.165, 1.54) is 180 Å². The largest absolute Gasteiger partial charge is 0.462 e. The predicted molar refractivity (Wildman–Crippen MR) is 273 cm³/mol. The smallest absolute Gasteiger partial charge is 0.306 e. The van der Waals surface area contributed by atoms with Crippen LogP contribution in [0.25, 0.3) is 0 Å². The van der Waals surface area contributed by atoms with E-state index in [9.17, 15) is 19.8 Å². The van der Waals surface area contributed by atoms with Crippen molar-refractivity contribution in [3.05, 3.63) is 36.5 Å². The summed E-state index contributed by atoms with van der Waals surface area (Å²) < 4.78 is 5.95. The number of ether oxygens (including phenoxy) is 1. The van der Waals surface area contributed by atoms with E-state index in [4.69, 9.17) is 4.74 Å². The minimum Gasteiger partial charge on any atom is -0.462 e. The van der Waals surface area contributed by atoms with Gasteiger partial charge in [0.1, 0.15) is 6.10 Å². The Bertz CT molecular complexity index is 1040. The molecule has 0 aromatic rings. The maximum Gasteiger partial charge on any atom is 0.306 e. The minimum absolute atomic E-state index is 0.0692. The van der Waals surface area contributed by atoms with Crippen LogP contribution in [0.4, 0.5) is 0 Å². The van der Waals surface area contributed by atoms with Crippen LogP contribution in [0.15, 0.2) is 36.5 Å². The molecule has 0 radical (unpaired) electrons. The Morgan fingerprint density at radius 3 is 1.27 bits per heavy atom. The molecule has 0 heterocycles. The third-order valence-electron chi connectivity index (χ3n) is 12.7. The summed E-state index contributed by atoms with van der Waals surface area (Å²) in [5.74, 6) is -0.481. The highest BCUT2D eigenvalue weighted by Crippen LogP contribution is 2.18. The molecule has 0 saturated carbocycles. The maximum atomic E-state index is 13.2. The van der Waals surface area contributed by atoms with Crippen LogP contribution in [0.1, 0.15) is 290 Å². The van der Waals surface area contributed by atoms with Crippen molar-refractivity contribution in [1.82, 2.24) is 5.32 Å². The zero-order valence-corrected chi connectivity index (χ0v) is 42.2. The summed E-state index contributed by atoms with van der Waals surface area (Å²) in [5.41, 5.74) is 0. The summed E-state index contributed by atoms with van der Waals surface area (Å²) in [6, 6.07) is -0.705. The highest BCUT2D eigenvalue weighted by atomic mass is 16.5. The molecular weight excluding hydrogens is 779 g/mol. The van der Waals surface area contributed by atoms with Crippen molar-refractivity contribution >= 4 is 11.9 Å². The van der Waals surface area contributed by atoms with Crippen molar-refractivity contribution in [3.8, 4) is 0 Å². The molecule has 0 fully saturated rings. The van der Waals surface area contributed by atoms with Crippen LogP contribution < -0.4 is 5.32 Å². The quantitative estimate of drug-likeness (QED) is 0.0321. The van der Waals surface area contributed by atoms with Crippen LogP contribution in [0.2, 0.25) is 0 Å². The van der Waals surface area contributed by atoms with Crippen LogP contribution in [-0.4, -0.2) is 46.9 Å². The average molecular weight is 886 g/mol. The SMILES string of the molecule is CCCCC/C=C\C/C=C\CCCCCCCC(CC(=O)NC(CO)C(O)CCCCCCCCCCCCCCCC)OC(=O)CCCCCCCCC/C=C\CCCCCC. The van der Waals surface area contributed by atoms with E-state index in [0.717, 1.165) is 64.2 Å². The van der Waals surface area contributed by atoms with Crippen LogP contribution in [0.5, 0.6) is 0 Å². The molecular formula is C57H107NO5. The summed E-state index contributed by atoms with van der Waals surface area (Å²) in [4.78, 5) is 26.2. The standard InChI is InChI=1S/C57H107NO5/c1-4-7-10-13-16-19-22-25-28-30-33-36-39-42-45-48-53(63-57(62)50-47-44-41-38-35-32-29-26-23-20-17-14-11-8-5-2)51-56(61)58-54(52-59)55(60)49-46-43-40-37-34-31-27-24-21-18-15-12-9-6-3/h16,19-20,23,25,28,53-55,59-60H,4-15,17-18,21-22,24,26-27,29-52H2,1-3H3,(H,58,61)/b19-16-,23-20-,28-25-. The number of hydrogen-bond donors (Lipinski definition) is 3.